The van der Waals surface area contributed by atoms with Crippen LogP contribution < -0.4 is 0 Å². The second-order valence-electron chi connectivity index (χ2n) is 9.65. The van der Waals surface area contributed by atoms with Crippen LogP contribution in [0.4, 0.5) is 0 Å². The maximum atomic E-state index is 14.0. The van der Waals surface area contributed by atoms with Crippen molar-refractivity contribution < 1.29 is 28.5 Å². The van der Waals surface area contributed by atoms with Crippen LogP contribution in [-0.2, 0) is 29.2 Å². The highest BCUT2D eigenvalue weighted by molar-refractivity contribution is 8.02. The molecule has 7 nitrogen and oxygen atoms in total. The summed E-state index contributed by atoms with van der Waals surface area (Å²) in [6, 6.07) is 12.5. The smallest absolute Gasteiger partial charge is 0.255 e. The van der Waals surface area contributed by atoms with E-state index in [1.807, 2.05) is 34.5 Å². The predicted molar refractivity (Wildman–Crippen MR) is 160 cm³/mol. The summed E-state index contributed by atoms with van der Waals surface area (Å²) in [4.78, 5) is 16.0. The number of ether oxygens (including phenoxy) is 5. The summed E-state index contributed by atoms with van der Waals surface area (Å²) in [6.07, 6.45) is 1.85. The SMILES string of the molecule is CCSCCSCCCC12COCCOCCOCCOCCOCCN1C(=O)c1cc3ccccc3cc12. The van der Waals surface area contributed by atoms with E-state index in [2.05, 4.69) is 37.3 Å². The van der Waals surface area contributed by atoms with Crippen LogP contribution in [0.5, 0.6) is 0 Å². The zero-order chi connectivity index (χ0) is 27.2. The van der Waals surface area contributed by atoms with Gasteiger partial charge in [-0.1, -0.05) is 31.2 Å². The Hall–Kier alpha value is -1.33. The van der Waals surface area contributed by atoms with E-state index in [0.717, 1.165) is 52.0 Å². The Bertz CT molecular complexity index is 1020. The first-order valence-corrected chi connectivity index (χ1v) is 16.5. The Balaban J connectivity index is 1.56. The highest BCUT2D eigenvalue weighted by Gasteiger charge is 2.49. The number of fused-ring (bicyclic) bond motifs is 4. The molecule has 2 aliphatic rings. The first kappa shape index (κ1) is 30.6. The van der Waals surface area contributed by atoms with Gasteiger partial charge in [-0.05, 0) is 52.8 Å². The molecule has 0 aromatic heterocycles. The Labute approximate surface area is 241 Å². The molecule has 0 spiro atoms. The van der Waals surface area contributed by atoms with Crippen molar-refractivity contribution in [2.75, 3.05) is 95.6 Å². The fourth-order valence-electron chi connectivity index (χ4n) is 5.21. The molecule has 1 fully saturated rings. The Kier molecular flexibility index (Phi) is 13.2. The van der Waals surface area contributed by atoms with E-state index in [0.29, 0.717) is 72.6 Å². The molecule has 1 amide bonds. The topological polar surface area (TPSA) is 66.5 Å². The van der Waals surface area contributed by atoms with E-state index in [1.54, 1.807) is 0 Å². The second-order valence-corrected chi connectivity index (χ2v) is 12.3. The molecular formula is C30H43NO6S2. The molecule has 4 rings (SSSR count). The van der Waals surface area contributed by atoms with Crippen molar-refractivity contribution in [1.82, 2.24) is 4.90 Å². The molecule has 216 valence electrons. The second kappa shape index (κ2) is 16.8. The van der Waals surface area contributed by atoms with Gasteiger partial charge < -0.3 is 28.6 Å². The van der Waals surface area contributed by atoms with Crippen LogP contribution in [0, 0.1) is 0 Å². The minimum Gasteiger partial charge on any atom is -0.377 e. The number of benzene rings is 2. The third-order valence-corrected chi connectivity index (χ3v) is 9.35. The summed E-state index contributed by atoms with van der Waals surface area (Å²) in [5.41, 5.74) is 1.32. The lowest BCUT2D eigenvalue weighted by atomic mass is 9.84. The number of nitrogens with zero attached hydrogens (tertiary/aromatic N) is 1. The van der Waals surface area contributed by atoms with E-state index in [-0.39, 0.29) is 5.91 Å². The highest BCUT2D eigenvalue weighted by atomic mass is 32.2. The van der Waals surface area contributed by atoms with Crippen LogP contribution in [-0.4, -0.2) is 106 Å². The van der Waals surface area contributed by atoms with Gasteiger partial charge in [0.05, 0.1) is 71.6 Å². The number of thioether (sulfide) groups is 2. The molecular weight excluding hydrogens is 534 g/mol. The predicted octanol–water partition coefficient (Wildman–Crippen LogP) is 4.85. The van der Waals surface area contributed by atoms with Crippen LogP contribution in [0.15, 0.2) is 36.4 Å². The third-order valence-electron chi connectivity index (χ3n) is 7.12. The van der Waals surface area contributed by atoms with E-state index in [4.69, 9.17) is 23.7 Å². The molecule has 0 N–H and O–H groups in total. The number of hydrogen-bond acceptors (Lipinski definition) is 8. The average Bonchev–Trinajstić information content (AvgIpc) is 3.17. The lowest BCUT2D eigenvalue weighted by Crippen LogP contribution is -2.49. The molecule has 1 unspecified atom stereocenters. The number of carbonyl (C=O) groups excluding carboxylic acids is 1. The maximum Gasteiger partial charge on any atom is 0.255 e. The Morgan fingerprint density at radius 1 is 0.769 bits per heavy atom. The van der Waals surface area contributed by atoms with Crippen molar-refractivity contribution in [3.63, 3.8) is 0 Å². The minimum atomic E-state index is -0.538. The first-order valence-electron chi connectivity index (χ1n) is 14.2. The van der Waals surface area contributed by atoms with E-state index in [1.165, 1.54) is 5.75 Å². The standard InChI is InChI=1S/C30H43NO6S2/c1-2-38-20-21-39-19-5-8-30-24-37-18-17-36-16-15-35-14-13-34-12-11-33-10-9-31(30)29(32)27-22-25-6-3-4-7-26(25)23-28(27)30/h3-4,6-7,22-23H,2,5,8-21,24H2,1H3. The van der Waals surface area contributed by atoms with Gasteiger partial charge >= 0.3 is 0 Å². The summed E-state index contributed by atoms with van der Waals surface area (Å²) in [6.45, 7) is 7.65. The Morgan fingerprint density at radius 2 is 1.36 bits per heavy atom. The van der Waals surface area contributed by atoms with Gasteiger partial charge in [0, 0.05) is 23.6 Å². The van der Waals surface area contributed by atoms with Crippen molar-refractivity contribution in [2.45, 2.75) is 25.3 Å². The van der Waals surface area contributed by atoms with Gasteiger partial charge in [-0.25, -0.2) is 0 Å². The lowest BCUT2D eigenvalue weighted by Gasteiger charge is -2.39. The quantitative estimate of drug-likeness (QED) is 0.413. The normalized spacial score (nSPS) is 22.3. The van der Waals surface area contributed by atoms with Crippen LogP contribution >= 0.6 is 23.5 Å². The largest absolute Gasteiger partial charge is 0.377 e. The zero-order valence-corrected chi connectivity index (χ0v) is 24.8. The first-order chi connectivity index (χ1) is 19.3. The van der Waals surface area contributed by atoms with Crippen LogP contribution in [0.3, 0.4) is 0 Å². The molecule has 1 atom stereocenters. The summed E-state index contributed by atoms with van der Waals surface area (Å²) in [5.74, 6) is 4.62. The van der Waals surface area contributed by atoms with Crippen molar-refractivity contribution in [2.24, 2.45) is 0 Å². The summed E-state index contributed by atoms with van der Waals surface area (Å²) in [7, 11) is 0. The fraction of sp³-hybridized carbons (Fsp3) is 0.633. The van der Waals surface area contributed by atoms with Crippen molar-refractivity contribution in [3.8, 4) is 0 Å². The molecule has 0 aliphatic carbocycles. The van der Waals surface area contributed by atoms with Gasteiger partial charge in [0.15, 0.2) is 0 Å². The van der Waals surface area contributed by atoms with E-state index in [9.17, 15) is 4.79 Å². The Morgan fingerprint density at radius 3 is 2.03 bits per heavy atom. The molecule has 9 heteroatoms. The summed E-state index contributed by atoms with van der Waals surface area (Å²) in [5, 5.41) is 2.23. The van der Waals surface area contributed by atoms with Gasteiger partial charge in [0.2, 0.25) is 0 Å². The molecule has 39 heavy (non-hydrogen) atoms. The molecule has 0 radical (unpaired) electrons. The molecule has 2 aromatic rings. The van der Waals surface area contributed by atoms with E-state index < -0.39 is 5.54 Å². The summed E-state index contributed by atoms with van der Waals surface area (Å²) < 4.78 is 29.1. The molecule has 1 saturated heterocycles. The van der Waals surface area contributed by atoms with E-state index >= 15 is 0 Å². The zero-order valence-electron chi connectivity index (χ0n) is 23.2. The summed E-state index contributed by atoms with van der Waals surface area (Å²) >= 11 is 3.98. The van der Waals surface area contributed by atoms with Gasteiger partial charge in [-0.15, -0.1) is 0 Å². The van der Waals surface area contributed by atoms with Crippen LogP contribution in [0.2, 0.25) is 0 Å². The lowest BCUT2D eigenvalue weighted by molar-refractivity contribution is -0.0438. The third kappa shape index (κ3) is 8.58. The van der Waals surface area contributed by atoms with Crippen LogP contribution in [0.1, 0.15) is 35.7 Å². The van der Waals surface area contributed by atoms with Gasteiger partial charge in [0.25, 0.3) is 5.91 Å². The maximum absolute atomic E-state index is 14.0. The average molecular weight is 578 g/mol. The number of amides is 1. The number of hydrogen-bond donors (Lipinski definition) is 0. The minimum absolute atomic E-state index is 0.0639. The molecule has 0 saturated carbocycles. The van der Waals surface area contributed by atoms with Gasteiger partial charge in [0.1, 0.15) is 0 Å². The number of rotatable bonds is 8. The van der Waals surface area contributed by atoms with Crippen molar-refractivity contribution in [3.05, 3.63) is 47.5 Å². The monoisotopic (exact) mass is 577 g/mol. The molecule has 0 bridgehead atoms. The highest BCUT2D eigenvalue weighted by Crippen LogP contribution is 2.44. The molecule has 2 heterocycles. The fourth-order valence-corrected chi connectivity index (χ4v) is 6.99. The van der Waals surface area contributed by atoms with Crippen LogP contribution in [0.25, 0.3) is 10.8 Å². The van der Waals surface area contributed by atoms with Gasteiger partial charge in [-0.2, -0.15) is 23.5 Å². The molecule has 2 aromatic carbocycles. The molecule has 2 aliphatic heterocycles. The van der Waals surface area contributed by atoms with Gasteiger partial charge in [-0.3, -0.25) is 4.79 Å². The number of carbonyl (C=O) groups is 1. The van der Waals surface area contributed by atoms with Crippen molar-refractivity contribution in [1.29, 1.82) is 0 Å². The van der Waals surface area contributed by atoms with Crippen molar-refractivity contribution >= 4 is 40.2 Å².